The molecule has 3 heteroatoms. The van der Waals surface area contributed by atoms with Crippen LogP contribution in [0.5, 0.6) is 11.5 Å². The van der Waals surface area contributed by atoms with E-state index in [9.17, 15) is 0 Å². The zero-order valence-electron chi connectivity index (χ0n) is 13.3. The molecule has 0 spiro atoms. The van der Waals surface area contributed by atoms with Crippen LogP contribution in [0.4, 0.5) is 0 Å². The van der Waals surface area contributed by atoms with Crippen LogP contribution in [-0.2, 0) is 13.2 Å². The van der Waals surface area contributed by atoms with Gasteiger partial charge in [-0.15, -0.1) is 6.58 Å². The van der Waals surface area contributed by atoms with Gasteiger partial charge >= 0.3 is 0 Å². The smallest absolute Gasteiger partial charge is 0.166 e. The number of hydrogen-bond acceptors (Lipinski definition) is 3. The third-order valence-corrected chi connectivity index (χ3v) is 3.35. The third kappa shape index (κ3) is 4.37. The molecule has 0 aliphatic heterocycles. The predicted octanol–water partition coefficient (Wildman–Crippen LogP) is 3.86. The van der Waals surface area contributed by atoms with Crippen molar-refractivity contribution in [3.63, 3.8) is 0 Å². The fourth-order valence-electron chi connectivity index (χ4n) is 2.29. The Bertz CT molecular complexity index is 623. The average molecular weight is 297 g/mol. The van der Waals surface area contributed by atoms with E-state index in [2.05, 4.69) is 37.0 Å². The second kappa shape index (κ2) is 8.25. The molecule has 0 heterocycles. The van der Waals surface area contributed by atoms with Gasteiger partial charge in [0.15, 0.2) is 11.5 Å². The molecule has 2 aromatic carbocycles. The highest BCUT2D eigenvalue weighted by Crippen LogP contribution is 2.31. The van der Waals surface area contributed by atoms with Crippen LogP contribution in [0, 0.1) is 6.92 Å². The van der Waals surface area contributed by atoms with Gasteiger partial charge in [-0.2, -0.15) is 0 Å². The molecule has 2 aromatic rings. The summed E-state index contributed by atoms with van der Waals surface area (Å²) >= 11 is 0. The number of ether oxygens (including phenoxy) is 2. The number of hydrogen-bond donors (Lipinski definition) is 1. The Morgan fingerprint density at radius 1 is 1.18 bits per heavy atom. The summed E-state index contributed by atoms with van der Waals surface area (Å²) in [4.78, 5) is 0. The van der Waals surface area contributed by atoms with Gasteiger partial charge < -0.3 is 14.8 Å². The van der Waals surface area contributed by atoms with Crippen molar-refractivity contribution in [3.05, 3.63) is 71.8 Å². The van der Waals surface area contributed by atoms with Gasteiger partial charge in [-0.1, -0.05) is 48.0 Å². The van der Waals surface area contributed by atoms with Crippen LogP contribution in [0.2, 0.25) is 0 Å². The molecule has 0 radical (unpaired) electrons. The van der Waals surface area contributed by atoms with E-state index in [-0.39, 0.29) is 0 Å². The lowest BCUT2D eigenvalue weighted by atomic mass is 10.1. The summed E-state index contributed by atoms with van der Waals surface area (Å²) in [5.74, 6) is 1.55. The van der Waals surface area contributed by atoms with Crippen molar-refractivity contribution in [2.24, 2.45) is 0 Å². The molecule has 0 saturated heterocycles. The fraction of sp³-hybridized carbons (Fsp3) is 0.263. The topological polar surface area (TPSA) is 30.5 Å². The maximum Gasteiger partial charge on any atom is 0.166 e. The molecule has 0 atom stereocenters. The summed E-state index contributed by atoms with van der Waals surface area (Å²) in [6.45, 7) is 7.79. The van der Waals surface area contributed by atoms with Gasteiger partial charge in [-0.3, -0.25) is 0 Å². The minimum absolute atomic E-state index is 0.524. The van der Waals surface area contributed by atoms with E-state index in [0.717, 1.165) is 29.2 Å². The Morgan fingerprint density at radius 2 is 2.00 bits per heavy atom. The maximum absolute atomic E-state index is 6.04. The summed E-state index contributed by atoms with van der Waals surface area (Å²) in [5.41, 5.74) is 3.46. The van der Waals surface area contributed by atoms with Gasteiger partial charge in [-0.25, -0.2) is 0 Å². The van der Waals surface area contributed by atoms with Gasteiger partial charge in [0.05, 0.1) is 7.11 Å². The van der Waals surface area contributed by atoms with Gasteiger partial charge in [0, 0.05) is 18.7 Å². The second-order valence-electron chi connectivity index (χ2n) is 5.15. The Hall–Kier alpha value is -2.26. The normalized spacial score (nSPS) is 10.3. The number of benzene rings is 2. The number of nitrogens with one attached hydrogen (secondary N) is 1. The van der Waals surface area contributed by atoms with Crippen LogP contribution in [0.25, 0.3) is 0 Å². The lowest BCUT2D eigenvalue weighted by Crippen LogP contribution is -2.14. The molecule has 3 nitrogen and oxygen atoms in total. The van der Waals surface area contributed by atoms with Crippen molar-refractivity contribution >= 4 is 0 Å². The molecular formula is C19H23NO2. The molecule has 116 valence electrons. The molecule has 0 saturated carbocycles. The van der Waals surface area contributed by atoms with Crippen LogP contribution in [0.3, 0.4) is 0 Å². The molecule has 0 unspecified atom stereocenters. The van der Waals surface area contributed by atoms with Gasteiger partial charge in [0.25, 0.3) is 0 Å². The van der Waals surface area contributed by atoms with E-state index in [1.165, 1.54) is 5.56 Å². The number of para-hydroxylation sites is 1. The standard InChI is InChI=1S/C19H23NO2/c1-4-11-20-13-17-9-6-10-18(21-3)19(17)22-14-16-8-5-7-15(2)12-16/h4-10,12,20H,1,11,13-14H2,2-3H3. The summed E-state index contributed by atoms with van der Waals surface area (Å²) in [6.07, 6.45) is 1.84. The molecule has 2 rings (SSSR count). The third-order valence-electron chi connectivity index (χ3n) is 3.35. The van der Waals surface area contributed by atoms with Crippen molar-refractivity contribution in [2.75, 3.05) is 13.7 Å². The van der Waals surface area contributed by atoms with Crippen molar-refractivity contribution in [1.82, 2.24) is 5.32 Å². The van der Waals surface area contributed by atoms with Gasteiger partial charge in [-0.05, 0) is 18.6 Å². The fourth-order valence-corrected chi connectivity index (χ4v) is 2.29. The summed E-state index contributed by atoms with van der Waals surface area (Å²) in [7, 11) is 1.66. The zero-order valence-corrected chi connectivity index (χ0v) is 13.3. The molecule has 0 aliphatic rings. The zero-order chi connectivity index (χ0) is 15.8. The van der Waals surface area contributed by atoms with E-state index in [0.29, 0.717) is 13.2 Å². The molecule has 0 aliphatic carbocycles. The lowest BCUT2D eigenvalue weighted by Gasteiger charge is -2.15. The summed E-state index contributed by atoms with van der Waals surface area (Å²) in [5, 5.41) is 3.30. The number of methoxy groups -OCH3 is 1. The molecule has 0 amide bonds. The monoisotopic (exact) mass is 297 g/mol. The van der Waals surface area contributed by atoms with Crippen LogP contribution in [0.1, 0.15) is 16.7 Å². The van der Waals surface area contributed by atoms with Crippen molar-refractivity contribution in [3.8, 4) is 11.5 Å². The minimum Gasteiger partial charge on any atom is -0.493 e. The first-order valence-electron chi connectivity index (χ1n) is 7.40. The van der Waals surface area contributed by atoms with E-state index >= 15 is 0 Å². The van der Waals surface area contributed by atoms with Crippen molar-refractivity contribution in [2.45, 2.75) is 20.1 Å². The molecule has 0 bridgehead atoms. The molecule has 22 heavy (non-hydrogen) atoms. The molecule has 1 N–H and O–H groups in total. The molecular weight excluding hydrogens is 274 g/mol. The second-order valence-corrected chi connectivity index (χ2v) is 5.15. The summed E-state index contributed by atoms with van der Waals surface area (Å²) < 4.78 is 11.5. The predicted molar refractivity (Wildman–Crippen MR) is 90.4 cm³/mol. The van der Waals surface area contributed by atoms with Crippen LogP contribution in [0.15, 0.2) is 55.1 Å². The first-order valence-corrected chi connectivity index (χ1v) is 7.40. The van der Waals surface area contributed by atoms with E-state index in [4.69, 9.17) is 9.47 Å². The minimum atomic E-state index is 0.524. The largest absolute Gasteiger partial charge is 0.493 e. The molecule has 0 fully saturated rings. The maximum atomic E-state index is 6.04. The van der Waals surface area contributed by atoms with Crippen molar-refractivity contribution in [1.29, 1.82) is 0 Å². The van der Waals surface area contributed by atoms with Crippen molar-refractivity contribution < 1.29 is 9.47 Å². The quantitative estimate of drug-likeness (QED) is 0.593. The Morgan fingerprint density at radius 3 is 2.73 bits per heavy atom. The van der Waals surface area contributed by atoms with E-state index < -0.39 is 0 Å². The van der Waals surface area contributed by atoms with Gasteiger partial charge in [0.1, 0.15) is 6.61 Å². The lowest BCUT2D eigenvalue weighted by molar-refractivity contribution is 0.280. The van der Waals surface area contributed by atoms with Crippen LogP contribution in [-0.4, -0.2) is 13.7 Å². The first-order chi connectivity index (χ1) is 10.7. The van der Waals surface area contributed by atoms with Crippen LogP contribution >= 0.6 is 0 Å². The van der Waals surface area contributed by atoms with Crippen LogP contribution < -0.4 is 14.8 Å². The Kier molecular flexibility index (Phi) is 6.04. The Balaban J connectivity index is 2.14. The highest BCUT2D eigenvalue weighted by Gasteiger charge is 2.10. The Labute approximate surface area is 132 Å². The van der Waals surface area contributed by atoms with Gasteiger partial charge in [0.2, 0.25) is 0 Å². The highest BCUT2D eigenvalue weighted by atomic mass is 16.5. The molecule has 0 aromatic heterocycles. The average Bonchev–Trinajstić information content (AvgIpc) is 2.53. The number of aryl methyl sites for hydroxylation is 1. The van der Waals surface area contributed by atoms with E-state index in [1.54, 1.807) is 7.11 Å². The number of rotatable bonds is 8. The SMILES string of the molecule is C=CCNCc1cccc(OC)c1OCc1cccc(C)c1. The highest BCUT2D eigenvalue weighted by molar-refractivity contribution is 5.46. The first kappa shape index (κ1) is 16.1. The summed E-state index contributed by atoms with van der Waals surface area (Å²) in [6, 6.07) is 14.3. The van der Waals surface area contributed by atoms with E-state index in [1.807, 2.05) is 30.3 Å².